The zero-order chi connectivity index (χ0) is 20.8. The molecule has 1 amide bonds. The van der Waals surface area contributed by atoms with Crippen molar-refractivity contribution in [3.05, 3.63) is 75.5 Å². The summed E-state index contributed by atoms with van der Waals surface area (Å²) in [5.74, 6) is -2.37. The van der Waals surface area contributed by atoms with Crippen LogP contribution in [0.2, 0.25) is 0 Å². The first-order valence-corrected chi connectivity index (χ1v) is 9.19. The highest BCUT2D eigenvalue weighted by Gasteiger charge is 2.16. The number of hydrogen-bond acceptors (Lipinski definition) is 7. The maximum absolute atomic E-state index is 13.3. The van der Waals surface area contributed by atoms with Crippen LogP contribution in [-0.4, -0.2) is 28.4 Å². The summed E-state index contributed by atoms with van der Waals surface area (Å²) in [4.78, 5) is 38.0. The smallest absolute Gasteiger partial charge is 0.312 e. The second-order valence-electron chi connectivity index (χ2n) is 5.82. The first-order valence-electron chi connectivity index (χ1n) is 8.31. The van der Waals surface area contributed by atoms with Gasteiger partial charge in [-0.25, -0.2) is 4.98 Å². The summed E-state index contributed by atoms with van der Waals surface area (Å²) in [6.45, 7) is -0.584. The van der Waals surface area contributed by atoms with Crippen LogP contribution in [0.1, 0.15) is 5.69 Å². The molecule has 8 nitrogen and oxygen atoms in total. The number of nitro benzene ring substituents is 1. The van der Waals surface area contributed by atoms with Crippen LogP contribution in [0.25, 0.3) is 10.6 Å². The summed E-state index contributed by atoms with van der Waals surface area (Å²) in [5.41, 5.74) is 0.710. The normalized spacial score (nSPS) is 10.4. The van der Waals surface area contributed by atoms with E-state index in [4.69, 9.17) is 4.74 Å². The monoisotopic (exact) mass is 415 g/mol. The maximum Gasteiger partial charge on any atom is 0.312 e. The molecule has 3 rings (SSSR count). The van der Waals surface area contributed by atoms with Crippen LogP contribution in [0.5, 0.6) is 0 Å². The highest BCUT2D eigenvalue weighted by Crippen LogP contribution is 2.24. The van der Waals surface area contributed by atoms with Crippen LogP contribution in [0.4, 0.5) is 15.8 Å². The summed E-state index contributed by atoms with van der Waals surface area (Å²) < 4.78 is 18.2. The fourth-order valence-corrected chi connectivity index (χ4v) is 3.20. The molecule has 3 aromatic rings. The van der Waals surface area contributed by atoms with Crippen LogP contribution in [-0.2, 0) is 20.7 Å². The number of carbonyl (C=O) groups is 2. The lowest BCUT2D eigenvalue weighted by Crippen LogP contribution is -2.21. The Hall–Kier alpha value is -3.66. The van der Waals surface area contributed by atoms with Crippen LogP contribution in [0.3, 0.4) is 0 Å². The van der Waals surface area contributed by atoms with Gasteiger partial charge in [0.15, 0.2) is 6.61 Å². The lowest BCUT2D eigenvalue weighted by atomic mass is 10.2. The average Bonchev–Trinajstić information content (AvgIpc) is 3.17. The number of anilines is 1. The van der Waals surface area contributed by atoms with Gasteiger partial charge in [-0.3, -0.25) is 19.7 Å². The third-order valence-electron chi connectivity index (χ3n) is 3.69. The summed E-state index contributed by atoms with van der Waals surface area (Å²) in [7, 11) is 0. The standard InChI is InChI=1S/C19H14FN3O5S/c20-15-7-6-13(8-16(15)23(26)27)21-17(24)10-28-18(25)9-14-11-29-19(22-14)12-4-2-1-3-5-12/h1-8,11H,9-10H2,(H,21,24). The molecule has 0 radical (unpaired) electrons. The fourth-order valence-electron chi connectivity index (χ4n) is 2.37. The molecular formula is C19H14FN3O5S. The second kappa shape index (κ2) is 9.02. The zero-order valence-electron chi connectivity index (χ0n) is 14.8. The molecule has 2 aromatic carbocycles. The molecular weight excluding hydrogens is 401 g/mol. The van der Waals surface area contributed by atoms with E-state index in [1.54, 1.807) is 5.38 Å². The Kier molecular flexibility index (Phi) is 6.25. The summed E-state index contributed by atoms with van der Waals surface area (Å²) >= 11 is 1.39. The molecule has 0 aliphatic heterocycles. The van der Waals surface area contributed by atoms with Gasteiger partial charge in [0.05, 0.1) is 17.0 Å². The minimum absolute atomic E-state index is 0.0196. The molecule has 148 valence electrons. The number of rotatable bonds is 7. The van der Waals surface area contributed by atoms with Gasteiger partial charge in [-0.1, -0.05) is 30.3 Å². The van der Waals surface area contributed by atoms with Crippen molar-refractivity contribution < 1.29 is 23.6 Å². The molecule has 0 aliphatic rings. The molecule has 0 fully saturated rings. The van der Waals surface area contributed by atoms with E-state index in [0.29, 0.717) is 5.69 Å². The molecule has 1 N–H and O–H groups in total. The van der Waals surface area contributed by atoms with E-state index in [1.165, 1.54) is 17.4 Å². The van der Waals surface area contributed by atoms with Crippen molar-refractivity contribution in [2.24, 2.45) is 0 Å². The molecule has 0 unspecified atom stereocenters. The van der Waals surface area contributed by atoms with Gasteiger partial charge in [0.25, 0.3) is 5.91 Å². The van der Waals surface area contributed by atoms with E-state index in [0.717, 1.165) is 22.7 Å². The van der Waals surface area contributed by atoms with Crippen molar-refractivity contribution in [2.45, 2.75) is 6.42 Å². The molecule has 0 saturated heterocycles. The number of esters is 1. The SMILES string of the molecule is O=C(COC(=O)Cc1csc(-c2ccccc2)n1)Nc1ccc(F)c([N+](=O)[O-])c1. The van der Waals surface area contributed by atoms with Crippen LogP contribution in [0.15, 0.2) is 53.9 Å². The van der Waals surface area contributed by atoms with Crippen molar-refractivity contribution in [3.8, 4) is 10.6 Å². The van der Waals surface area contributed by atoms with Crippen LogP contribution < -0.4 is 5.32 Å². The Bertz CT molecular complexity index is 1060. The van der Waals surface area contributed by atoms with Crippen LogP contribution in [0, 0.1) is 15.9 Å². The zero-order valence-corrected chi connectivity index (χ0v) is 15.6. The number of thiazole rings is 1. The van der Waals surface area contributed by atoms with Crippen molar-refractivity contribution in [2.75, 3.05) is 11.9 Å². The lowest BCUT2D eigenvalue weighted by Gasteiger charge is -2.06. The maximum atomic E-state index is 13.3. The Morgan fingerprint density at radius 3 is 2.69 bits per heavy atom. The topological polar surface area (TPSA) is 111 Å². The number of nitrogens with one attached hydrogen (secondary N) is 1. The van der Waals surface area contributed by atoms with E-state index in [1.807, 2.05) is 30.3 Å². The molecule has 0 bridgehead atoms. The molecule has 10 heteroatoms. The van der Waals surface area contributed by atoms with Gasteiger partial charge in [-0.15, -0.1) is 11.3 Å². The van der Waals surface area contributed by atoms with E-state index in [2.05, 4.69) is 10.3 Å². The number of aromatic nitrogens is 1. The van der Waals surface area contributed by atoms with Gasteiger partial charge < -0.3 is 10.1 Å². The van der Waals surface area contributed by atoms with E-state index in [9.17, 15) is 24.1 Å². The number of amides is 1. The highest BCUT2D eigenvalue weighted by molar-refractivity contribution is 7.13. The van der Waals surface area contributed by atoms with Crippen LogP contribution >= 0.6 is 11.3 Å². The molecule has 29 heavy (non-hydrogen) atoms. The summed E-state index contributed by atoms with van der Waals surface area (Å²) in [6.07, 6.45) is -0.0986. The highest BCUT2D eigenvalue weighted by atomic mass is 32.1. The van der Waals surface area contributed by atoms with Gasteiger partial charge in [0.2, 0.25) is 5.82 Å². The predicted molar refractivity (Wildman–Crippen MR) is 104 cm³/mol. The van der Waals surface area contributed by atoms with Gasteiger partial charge in [0.1, 0.15) is 5.01 Å². The number of halogens is 1. The number of hydrogen-bond donors (Lipinski definition) is 1. The Morgan fingerprint density at radius 2 is 1.97 bits per heavy atom. The summed E-state index contributed by atoms with van der Waals surface area (Å²) in [5, 5.41) is 15.5. The number of benzene rings is 2. The molecule has 0 saturated carbocycles. The van der Waals surface area contributed by atoms with Gasteiger partial charge in [-0.05, 0) is 12.1 Å². The fraction of sp³-hybridized carbons (Fsp3) is 0.105. The van der Waals surface area contributed by atoms with Crippen molar-refractivity contribution >= 4 is 34.6 Å². The second-order valence-corrected chi connectivity index (χ2v) is 6.68. The molecule has 1 heterocycles. The third-order valence-corrected chi connectivity index (χ3v) is 4.63. The Balaban J connectivity index is 1.51. The number of nitrogens with zero attached hydrogens (tertiary/aromatic N) is 2. The number of ether oxygens (including phenoxy) is 1. The predicted octanol–water partition coefficient (Wildman–Crippen LogP) is 3.58. The summed E-state index contributed by atoms with van der Waals surface area (Å²) in [6, 6.07) is 12.4. The minimum atomic E-state index is -1.02. The molecule has 0 atom stereocenters. The molecule has 0 spiro atoms. The third kappa shape index (κ3) is 5.42. The Morgan fingerprint density at radius 1 is 1.21 bits per heavy atom. The number of carbonyl (C=O) groups excluding carboxylic acids is 2. The largest absolute Gasteiger partial charge is 0.455 e. The Labute approximate surface area is 168 Å². The van der Waals surface area contributed by atoms with E-state index >= 15 is 0 Å². The van der Waals surface area contributed by atoms with Crippen molar-refractivity contribution in [1.82, 2.24) is 4.98 Å². The molecule has 1 aromatic heterocycles. The molecule has 0 aliphatic carbocycles. The first kappa shape index (κ1) is 20.1. The first-order chi connectivity index (χ1) is 13.9. The van der Waals surface area contributed by atoms with Crippen molar-refractivity contribution in [3.63, 3.8) is 0 Å². The van der Waals surface area contributed by atoms with Gasteiger partial charge in [0, 0.05) is 22.7 Å². The van der Waals surface area contributed by atoms with E-state index < -0.39 is 34.9 Å². The van der Waals surface area contributed by atoms with Crippen molar-refractivity contribution in [1.29, 1.82) is 0 Å². The van der Waals surface area contributed by atoms with Gasteiger partial charge >= 0.3 is 11.7 Å². The number of nitro groups is 1. The minimum Gasteiger partial charge on any atom is -0.455 e. The lowest BCUT2D eigenvalue weighted by molar-refractivity contribution is -0.387. The quantitative estimate of drug-likeness (QED) is 0.359. The van der Waals surface area contributed by atoms with Gasteiger partial charge in [-0.2, -0.15) is 4.39 Å². The van der Waals surface area contributed by atoms with E-state index in [-0.39, 0.29) is 12.1 Å². The average molecular weight is 415 g/mol.